The lowest BCUT2D eigenvalue weighted by Crippen LogP contribution is -2.29. The van der Waals surface area contributed by atoms with E-state index in [-0.39, 0.29) is 11.5 Å². The van der Waals surface area contributed by atoms with Crippen LogP contribution in [0.25, 0.3) is 10.9 Å². The van der Waals surface area contributed by atoms with Gasteiger partial charge in [-0.05, 0) is 30.3 Å². The molecule has 0 radical (unpaired) electrons. The first-order valence-electron chi connectivity index (χ1n) is 7.84. The number of benzene rings is 2. The number of nitrogens with one attached hydrogen (secondary N) is 2. The van der Waals surface area contributed by atoms with Crippen LogP contribution in [0.3, 0.4) is 0 Å². The van der Waals surface area contributed by atoms with Gasteiger partial charge in [0.15, 0.2) is 0 Å². The molecule has 0 unspecified atom stereocenters. The Bertz CT molecular complexity index is 932. The van der Waals surface area contributed by atoms with Gasteiger partial charge in [-0.15, -0.1) is 0 Å². The normalized spacial score (nSPS) is 10.4. The standard InChI is InChI=1S/C19H18N2O4/c1-24-13-6-8-14(9-7-13)25-11-10-20-19(23)16-12-18(22)21-17-5-3-2-4-15(16)17/h2-9,12H,10-11H2,1H3,(H,20,23)(H,21,22). The van der Waals surface area contributed by atoms with Crippen LogP contribution >= 0.6 is 0 Å². The van der Waals surface area contributed by atoms with E-state index in [9.17, 15) is 9.59 Å². The minimum Gasteiger partial charge on any atom is -0.497 e. The molecule has 1 aromatic heterocycles. The van der Waals surface area contributed by atoms with Crippen LogP contribution in [0, 0.1) is 0 Å². The van der Waals surface area contributed by atoms with E-state index in [4.69, 9.17) is 9.47 Å². The van der Waals surface area contributed by atoms with Gasteiger partial charge in [0.25, 0.3) is 5.91 Å². The van der Waals surface area contributed by atoms with Crippen molar-refractivity contribution < 1.29 is 14.3 Å². The van der Waals surface area contributed by atoms with Crippen LogP contribution in [0.15, 0.2) is 59.4 Å². The van der Waals surface area contributed by atoms with Crippen LogP contribution in [0.4, 0.5) is 0 Å². The van der Waals surface area contributed by atoms with Crippen molar-refractivity contribution in [1.82, 2.24) is 10.3 Å². The SMILES string of the molecule is COc1ccc(OCCNC(=O)c2cc(=O)[nH]c3ccccc23)cc1. The maximum absolute atomic E-state index is 12.4. The highest BCUT2D eigenvalue weighted by Gasteiger charge is 2.11. The molecule has 0 aliphatic heterocycles. The van der Waals surface area contributed by atoms with Crippen LogP contribution in [-0.2, 0) is 0 Å². The molecule has 0 aliphatic carbocycles. The van der Waals surface area contributed by atoms with Gasteiger partial charge < -0.3 is 19.8 Å². The van der Waals surface area contributed by atoms with Crippen LogP contribution in [0.5, 0.6) is 11.5 Å². The molecule has 128 valence electrons. The number of ether oxygens (including phenoxy) is 2. The topological polar surface area (TPSA) is 80.4 Å². The van der Waals surface area contributed by atoms with E-state index >= 15 is 0 Å². The fourth-order valence-electron chi connectivity index (χ4n) is 2.49. The summed E-state index contributed by atoms with van der Waals surface area (Å²) < 4.78 is 10.6. The van der Waals surface area contributed by atoms with Crippen LogP contribution in [0.2, 0.25) is 0 Å². The molecule has 3 rings (SSSR count). The number of carbonyl (C=O) groups is 1. The largest absolute Gasteiger partial charge is 0.497 e. The predicted molar refractivity (Wildman–Crippen MR) is 95.4 cm³/mol. The molecule has 6 nitrogen and oxygen atoms in total. The molecule has 0 bridgehead atoms. The third kappa shape index (κ3) is 3.98. The molecule has 0 spiro atoms. The van der Waals surface area contributed by atoms with Gasteiger partial charge in [-0.3, -0.25) is 9.59 Å². The average molecular weight is 338 g/mol. The van der Waals surface area contributed by atoms with Gasteiger partial charge >= 0.3 is 0 Å². The lowest BCUT2D eigenvalue weighted by atomic mass is 10.1. The number of carbonyl (C=O) groups excluding carboxylic acids is 1. The van der Waals surface area contributed by atoms with Crippen LogP contribution in [0.1, 0.15) is 10.4 Å². The fraction of sp³-hybridized carbons (Fsp3) is 0.158. The molecule has 1 heterocycles. The maximum Gasteiger partial charge on any atom is 0.252 e. The van der Waals surface area contributed by atoms with Gasteiger partial charge in [-0.25, -0.2) is 0 Å². The number of hydrogen-bond donors (Lipinski definition) is 2. The molecule has 25 heavy (non-hydrogen) atoms. The van der Waals surface area contributed by atoms with Crippen molar-refractivity contribution in [2.75, 3.05) is 20.3 Å². The Morgan fingerprint density at radius 2 is 1.80 bits per heavy atom. The third-order valence-corrected chi connectivity index (χ3v) is 3.71. The zero-order valence-electron chi connectivity index (χ0n) is 13.7. The molecule has 0 saturated heterocycles. The van der Waals surface area contributed by atoms with Gasteiger partial charge in [-0.2, -0.15) is 0 Å². The summed E-state index contributed by atoms with van der Waals surface area (Å²) in [6, 6.07) is 15.7. The number of amides is 1. The summed E-state index contributed by atoms with van der Waals surface area (Å²) >= 11 is 0. The lowest BCUT2D eigenvalue weighted by molar-refractivity contribution is 0.0948. The summed E-state index contributed by atoms with van der Waals surface area (Å²) in [4.78, 5) is 26.8. The minimum absolute atomic E-state index is 0.305. The molecular weight excluding hydrogens is 320 g/mol. The van der Waals surface area contributed by atoms with Crippen LogP contribution < -0.4 is 20.3 Å². The third-order valence-electron chi connectivity index (χ3n) is 3.71. The smallest absolute Gasteiger partial charge is 0.252 e. The number of methoxy groups -OCH3 is 1. The first-order chi connectivity index (χ1) is 12.2. The molecule has 0 aliphatic rings. The van der Waals surface area contributed by atoms with Crippen molar-refractivity contribution in [3.63, 3.8) is 0 Å². The number of aromatic nitrogens is 1. The Balaban J connectivity index is 1.60. The summed E-state index contributed by atoms with van der Waals surface area (Å²) in [6.45, 7) is 0.644. The van der Waals surface area contributed by atoms with Gasteiger partial charge in [0.2, 0.25) is 5.56 Å². The fourth-order valence-corrected chi connectivity index (χ4v) is 2.49. The number of para-hydroxylation sites is 1. The summed E-state index contributed by atoms with van der Waals surface area (Å²) in [5.74, 6) is 1.14. The van der Waals surface area contributed by atoms with E-state index in [0.29, 0.717) is 35.4 Å². The second kappa shape index (κ2) is 7.53. The highest BCUT2D eigenvalue weighted by Crippen LogP contribution is 2.17. The van der Waals surface area contributed by atoms with Crippen molar-refractivity contribution >= 4 is 16.8 Å². The predicted octanol–water partition coefficient (Wildman–Crippen LogP) is 2.35. The Morgan fingerprint density at radius 1 is 1.08 bits per heavy atom. The minimum atomic E-state index is -0.307. The first-order valence-corrected chi connectivity index (χ1v) is 7.84. The maximum atomic E-state index is 12.4. The quantitative estimate of drug-likeness (QED) is 0.676. The summed E-state index contributed by atoms with van der Waals surface area (Å²) in [6.07, 6.45) is 0. The molecule has 0 fully saturated rings. The zero-order valence-corrected chi connectivity index (χ0v) is 13.7. The number of rotatable bonds is 6. The molecule has 2 N–H and O–H groups in total. The Labute approximate surface area is 144 Å². The van der Waals surface area contributed by atoms with Gasteiger partial charge in [0.05, 0.1) is 19.2 Å². The van der Waals surface area contributed by atoms with Gasteiger partial charge in [0.1, 0.15) is 18.1 Å². The number of hydrogen-bond acceptors (Lipinski definition) is 4. The van der Waals surface area contributed by atoms with Crippen molar-refractivity contribution in [2.24, 2.45) is 0 Å². The van der Waals surface area contributed by atoms with E-state index in [1.54, 1.807) is 43.5 Å². The summed E-state index contributed by atoms with van der Waals surface area (Å²) in [5.41, 5.74) is 0.678. The van der Waals surface area contributed by atoms with E-state index in [1.807, 2.05) is 12.1 Å². The molecule has 6 heteroatoms. The molecule has 3 aromatic rings. The zero-order chi connectivity index (χ0) is 17.6. The number of pyridine rings is 1. The number of aromatic amines is 1. The van der Waals surface area contributed by atoms with Gasteiger partial charge in [0, 0.05) is 17.0 Å². The molecule has 0 saturated carbocycles. The molecule has 1 amide bonds. The van der Waals surface area contributed by atoms with Crippen molar-refractivity contribution in [2.45, 2.75) is 0 Å². The summed E-state index contributed by atoms with van der Waals surface area (Å²) in [5, 5.41) is 3.47. The lowest BCUT2D eigenvalue weighted by Gasteiger charge is -2.09. The first kappa shape index (κ1) is 16.6. The van der Waals surface area contributed by atoms with E-state index < -0.39 is 0 Å². The Morgan fingerprint density at radius 3 is 2.56 bits per heavy atom. The molecular formula is C19H18N2O4. The molecule has 2 aromatic carbocycles. The number of H-pyrrole nitrogens is 1. The highest BCUT2D eigenvalue weighted by atomic mass is 16.5. The van der Waals surface area contributed by atoms with Crippen molar-refractivity contribution in [3.05, 3.63) is 70.5 Å². The second-order valence-corrected chi connectivity index (χ2v) is 5.37. The summed E-state index contributed by atoms with van der Waals surface area (Å²) in [7, 11) is 1.60. The van der Waals surface area contributed by atoms with Crippen LogP contribution in [-0.4, -0.2) is 31.2 Å². The average Bonchev–Trinajstić information content (AvgIpc) is 2.64. The van der Waals surface area contributed by atoms with Crippen molar-refractivity contribution in [1.29, 1.82) is 0 Å². The van der Waals surface area contributed by atoms with E-state index in [0.717, 1.165) is 5.75 Å². The van der Waals surface area contributed by atoms with Crippen molar-refractivity contribution in [3.8, 4) is 11.5 Å². The molecule has 0 atom stereocenters. The second-order valence-electron chi connectivity index (χ2n) is 5.37. The van der Waals surface area contributed by atoms with E-state index in [2.05, 4.69) is 10.3 Å². The Hall–Kier alpha value is -3.28. The number of fused-ring (bicyclic) bond motifs is 1. The Kier molecular flexibility index (Phi) is 4.99. The van der Waals surface area contributed by atoms with E-state index in [1.165, 1.54) is 6.07 Å². The highest BCUT2D eigenvalue weighted by molar-refractivity contribution is 6.05. The monoisotopic (exact) mass is 338 g/mol. The van der Waals surface area contributed by atoms with Gasteiger partial charge in [-0.1, -0.05) is 18.2 Å².